The third kappa shape index (κ3) is 2.82. The Labute approximate surface area is 124 Å². The Balaban J connectivity index is 1.73. The van der Waals surface area contributed by atoms with Crippen LogP contribution in [-0.4, -0.2) is 21.2 Å². The van der Waals surface area contributed by atoms with E-state index in [0.29, 0.717) is 10.9 Å². The topological polar surface area (TPSA) is 64.0 Å². The first-order valence-electron chi connectivity index (χ1n) is 6.40. The van der Waals surface area contributed by atoms with Crippen molar-refractivity contribution < 1.29 is 9.18 Å². The molecule has 1 amide bonds. The van der Waals surface area contributed by atoms with E-state index in [9.17, 15) is 14.0 Å². The summed E-state index contributed by atoms with van der Waals surface area (Å²) in [6, 6.07) is 7.10. The highest BCUT2D eigenvalue weighted by Crippen LogP contribution is 2.31. The molecule has 1 aliphatic heterocycles. The zero-order valence-electron chi connectivity index (χ0n) is 11.0. The molecule has 21 heavy (non-hydrogen) atoms. The first kappa shape index (κ1) is 13.8. The lowest BCUT2D eigenvalue weighted by Crippen LogP contribution is -2.27. The lowest BCUT2D eigenvalue weighted by atomic mass is 10.2. The minimum absolute atomic E-state index is 0.111. The monoisotopic (exact) mass is 305 g/mol. The molecule has 1 N–H and O–H groups in total. The number of thioether (sulfide) groups is 1. The number of hydrogen-bond donors (Lipinski definition) is 1. The van der Waals surface area contributed by atoms with Gasteiger partial charge in [0, 0.05) is 24.4 Å². The van der Waals surface area contributed by atoms with Crippen LogP contribution in [0.4, 0.5) is 10.1 Å². The van der Waals surface area contributed by atoms with Gasteiger partial charge in [-0.3, -0.25) is 14.2 Å². The number of para-hydroxylation sites is 1. The number of aromatic nitrogens is 2. The minimum Gasteiger partial charge on any atom is -0.324 e. The highest BCUT2D eigenvalue weighted by atomic mass is 32.2. The first-order valence-corrected chi connectivity index (χ1v) is 7.38. The maximum atomic E-state index is 13.5. The Bertz CT molecular complexity index is 747. The van der Waals surface area contributed by atoms with Crippen LogP contribution >= 0.6 is 11.8 Å². The Morgan fingerprint density at radius 1 is 1.43 bits per heavy atom. The fourth-order valence-electron chi connectivity index (χ4n) is 2.22. The molecule has 0 spiro atoms. The van der Waals surface area contributed by atoms with Gasteiger partial charge in [-0.15, -0.1) is 0 Å². The Morgan fingerprint density at radius 3 is 3.05 bits per heavy atom. The van der Waals surface area contributed by atoms with Crippen LogP contribution in [0.5, 0.6) is 0 Å². The maximum absolute atomic E-state index is 13.5. The van der Waals surface area contributed by atoms with Gasteiger partial charge >= 0.3 is 0 Å². The number of nitrogens with one attached hydrogen (secondary N) is 1. The van der Waals surface area contributed by atoms with Crippen LogP contribution in [0.15, 0.2) is 46.5 Å². The molecule has 1 aromatic heterocycles. The van der Waals surface area contributed by atoms with Crippen LogP contribution in [0.1, 0.15) is 12.5 Å². The number of rotatable bonds is 3. The van der Waals surface area contributed by atoms with Gasteiger partial charge in [-0.2, -0.15) is 0 Å². The predicted molar refractivity (Wildman–Crippen MR) is 77.9 cm³/mol. The van der Waals surface area contributed by atoms with Crippen LogP contribution < -0.4 is 10.9 Å². The molecule has 0 radical (unpaired) electrons. The molecule has 1 atom stereocenters. The number of nitrogens with zero attached hydrogens (tertiary/aromatic N) is 2. The molecular weight excluding hydrogens is 293 g/mol. The van der Waals surface area contributed by atoms with Crippen molar-refractivity contribution in [3.8, 4) is 0 Å². The normalized spacial score (nSPS) is 16.5. The number of carbonyl (C=O) groups excluding carboxylic acids is 1. The summed E-state index contributed by atoms with van der Waals surface area (Å²) in [5, 5.41) is 3.15. The molecule has 0 unspecified atom stereocenters. The number of benzene rings is 1. The molecule has 3 rings (SSSR count). The number of amides is 1. The molecule has 0 saturated heterocycles. The maximum Gasteiger partial charge on any atom is 0.254 e. The van der Waals surface area contributed by atoms with E-state index < -0.39 is 5.82 Å². The smallest absolute Gasteiger partial charge is 0.254 e. The average Bonchev–Trinajstić information content (AvgIpc) is 2.86. The number of anilines is 1. The number of carbonyl (C=O) groups is 1. The molecule has 0 aliphatic carbocycles. The second kappa shape index (κ2) is 5.69. The molecule has 1 aliphatic rings. The number of hydrogen-bond acceptors (Lipinski definition) is 4. The van der Waals surface area contributed by atoms with Crippen LogP contribution in [0.2, 0.25) is 0 Å². The third-order valence-corrected chi connectivity index (χ3v) is 4.30. The Kier molecular flexibility index (Phi) is 3.74. The van der Waals surface area contributed by atoms with Crippen molar-refractivity contribution in [1.82, 2.24) is 9.55 Å². The van der Waals surface area contributed by atoms with Gasteiger partial charge in [-0.25, -0.2) is 9.37 Å². The molecule has 7 heteroatoms. The van der Waals surface area contributed by atoms with Gasteiger partial charge in [0.2, 0.25) is 5.91 Å². The summed E-state index contributed by atoms with van der Waals surface area (Å²) in [7, 11) is 0. The van der Waals surface area contributed by atoms with Gasteiger partial charge in [0.05, 0.1) is 11.7 Å². The van der Waals surface area contributed by atoms with Crippen LogP contribution in [0.3, 0.4) is 0 Å². The Morgan fingerprint density at radius 2 is 2.24 bits per heavy atom. The number of halogens is 1. The van der Waals surface area contributed by atoms with Crippen LogP contribution in [-0.2, 0) is 4.79 Å². The van der Waals surface area contributed by atoms with Gasteiger partial charge in [-0.05, 0) is 12.1 Å². The molecule has 1 aromatic carbocycles. The van der Waals surface area contributed by atoms with Crippen molar-refractivity contribution in [2.45, 2.75) is 17.6 Å². The van der Waals surface area contributed by atoms with E-state index in [-0.39, 0.29) is 29.6 Å². The summed E-state index contributed by atoms with van der Waals surface area (Å²) in [6.07, 6.45) is 1.57. The van der Waals surface area contributed by atoms with Gasteiger partial charge in [0.15, 0.2) is 5.16 Å². The van der Waals surface area contributed by atoms with Crippen molar-refractivity contribution in [2.75, 3.05) is 11.1 Å². The van der Waals surface area contributed by atoms with Crippen molar-refractivity contribution in [3.63, 3.8) is 0 Å². The van der Waals surface area contributed by atoms with Crippen LogP contribution in [0, 0.1) is 5.82 Å². The highest BCUT2D eigenvalue weighted by molar-refractivity contribution is 7.99. The molecule has 5 nitrogen and oxygen atoms in total. The SMILES string of the molecule is O=C(C[C@H]1CSc2nccc(=O)n21)Nc1ccccc1F. The van der Waals surface area contributed by atoms with E-state index in [1.807, 2.05) is 0 Å². The summed E-state index contributed by atoms with van der Waals surface area (Å²) in [4.78, 5) is 28.0. The Hall–Kier alpha value is -2.15. The summed E-state index contributed by atoms with van der Waals surface area (Å²) in [6.45, 7) is 0. The minimum atomic E-state index is -0.481. The van der Waals surface area contributed by atoms with E-state index in [0.717, 1.165) is 0 Å². The fourth-order valence-corrected chi connectivity index (χ4v) is 3.34. The zero-order valence-corrected chi connectivity index (χ0v) is 11.8. The van der Waals surface area contributed by atoms with Gasteiger partial charge in [0.1, 0.15) is 5.82 Å². The van der Waals surface area contributed by atoms with Gasteiger partial charge < -0.3 is 5.32 Å². The van der Waals surface area contributed by atoms with Gasteiger partial charge in [0.25, 0.3) is 5.56 Å². The van der Waals surface area contributed by atoms with Crippen molar-refractivity contribution in [2.24, 2.45) is 0 Å². The van der Waals surface area contributed by atoms with Crippen LogP contribution in [0.25, 0.3) is 0 Å². The zero-order chi connectivity index (χ0) is 14.8. The van der Waals surface area contributed by atoms with E-state index in [4.69, 9.17) is 0 Å². The summed E-state index contributed by atoms with van der Waals surface area (Å²) < 4.78 is 15.0. The first-order chi connectivity index (χ1) is 10.1. The van der Waals surface area contributed by atoms with E-state index in [1.54, 1.807) is 12.1 Å². The summed E-state index contributed by atoms with van der Waals surface area (Å²) >= 11 is 1.44. The largest absolute Gasteiger partial charge is 0.324 e. The fraction of sp³-hybridized carbons (Fsp3) is 0.214. The van der Waals surface area contributed by atoms with E-state index in [2.05, 4.69) is 10.3 Å². The molecule has 108 valence electrons. The molecule has 0 bridgehead atoms. The van der Waals surface area contributed by atoms with Crippen molar-refractivity contribution in [3.05, 3.63) is 52.7 Å². The molecule has 2 aromatic rings. The van der Waals surface area contributed by atoms with Gasteiger partial charge in [-0.1, -0.05) is 23.9 Å². The molecule has 2 heterocycles. The lowest BCUT2D eigenvalue weighted by Gasteiger charge is -2.13. The third-order valence-electron chi connectivity index (χ3n) is 3.18. The molecule has 0 fully saturated rings. The molecular formula is C14H12FN3O2S. The highest BCUT2D eigenvalue weighted by Gasteiger charge is 2.26. The van der Waals surface area contributed by atoms with E-state index in [1.165, 1.54) is 40.7 Å². The average molecular weight is 305 g/mol. The second-order valence-corrected chi connectivity index (χ2v) is 5.62. The second-order valence-electron chi connectivity index (χ2n) is 4.63. The molecule has 0 saturated carbocycles. The van der Waals surface area contributed by atoms with Crippen molar-refractivity contribution >= 4 is 23.4 Å². The summed E-state index contributed by atoms with van der Waals surface area (Å²) in [5.41, 5.74) is -0.0272. The predicted octanol–water partition coefficient (Wildman–Crippen LogP) is 2.06. The lowest BCUT2D eigenvalue weighted by molar-refractivity contribution is -0.116. The summed E-state index contributed by atoms with van der Waals surface area (Å²) in [5.74, 6) is -0.197. The van der Waals surface area contributed by atoms with Crippen molar-refractivity contribution in [1.29, 1.82) is 0 Å². The standard InChI is InChI=1S/C14H12FN3O2S/c15-10-3-1-2-4-11(10)17-12(19)7-9-8-21-14-16-6-5-13(20)18(9)14/h1-6,9H,7-8H2,(H,17,19)/t9-/m0/s1. The van der Waals surface area contributed by atoms with E-state index >= 15 is 0 Å². The quantitative estimate of drug-likeness (QED) is 0.882. The number of fused-ring (bicyclic) bond motifs is 1.